The Kier molecular flexibility index (Phi) is 5.38. The summed E-state index contributed by atoms with van der Waals surface area (Å²) in [6.45, 7) is 0. The molecule has 0 unspecified atom stereocenters. The Morgan fingerprint density at radius 1 is 1.08 bits per heavy atom. The summed E-state index contributed by atoms with van der Waals surface area (Å²) in [5.74, 6) is -0.438. The zero-order chi connectivity index (χ0) is 17.8. The number of benzene rings is 2. The van der Waals surface area contributed by atoms with Gasteiger partial charge in [-0.1, -0.05) is 59.1 Å². The van der Waals surface area contributed by atoms with Crippen molar-refractivity contribution in [3.8, 4) is 11.3 Å². The normalized spacial score (nSPS) is 11.0. The van der Waals surface area contributed by atoms with Crippen LogP contribution in [-0.2, 0) is 0 Å². The van der Waals surface area contributed by atoms with Crippen molar-refractivity contribution in [3.05, 3.63) is 74.9 Å². The van der Waals surface area contributed by atoms with Gasteiger partial charge in [-0.25, -0.2) is 5.43 Å². The lowest BCUT2D eigenvalue weighted by Gasteiger charge is -1.99. The Balaban J connectivity index is 1.70. The molecular weight excluding hydrogens is 383 g/mol. The van der Waals surface area contributed by atoms with Crippen LogP contribution in [0.15, 0.2) is 53.6 Å². The third-order valence-corrected chi connectivity index (χ3v) is 4.20. The van der Waals surface area contributed by atoms with Crippen molar-refractivity contribution in [2.75, 3.05) is 0 Å². The van der Waals surface area contributed by atoms with E-state index in [1.807, 2.05) is 18.2 Å². The second-order valence-corrected chi connectivity index (χ2v) is 6.26. The van der Waals surface area contributed by atoms with Gasteiger partial charge in [0, 0.05) is 16.1 Å². The van der Waals surface area contributed by atoms with Crippen molar-refractivity contribution in [3.63, 3.8) is 0 Å². The van der Waals surface area contributed by atoms with Gasteiger partial charge < -0.3 is 0 Å². The molecule has 0 aliphatic carbocycles. The van der Waals surface area contributed by atoms with Gasteiger partial charge in [0.2, 0.25) is 0 Å². The average Bonchev–Trinajstić information content (AvgIpc) is 3.07. The fourth-order valence-corrected chi connectivity index (χ4v) is 2.76. The number of hydrazone groups is 1. The number of hydrogen-bond donors (Lipinski definition) is 2. The summed E-state index contributed by atoms with van der Waals surface area (Å²) >= 11 is 18.0. The molecule has 3 aromatic rings. The molecule has 1 heterocycles. The number of aromatic nitrogens is 2. The highest BCUT2D eigenvalue weighted by atomic mass is 35.5. The first-order chi connectivity index (χ1) is 12.0. The van der Waals surface area contributed by atoms with Crippen LogP contribution in [0.5, 0.6) is 0 Å². The van der Waals surface area contributed by atoms with E-state index < -0.39 is 5.91 Å². The maximum atomic E-state index is 12.1. The van der Waals surface area contributed by atoms with E-state index in [1.165, 1.54) is 6.21 Å². The summed E-state index contributed by atoms with van der Waals surface area (Å²) in [6.07, 6.45) is 1.43. The predicted octanol–water partition coefficient (Wildman–Crippen LogP) is 4.80. The molecule has 0 radical (unpaired) electrons. The SMILES string of the molecule is O=C(N/N=C\c1ccc(Cl)cc1Cl)c1cc(-c2ccccc2Cl)n[nH]1. The lowest BCUT2D eigenvalue weighted by Crippen LogP contribution is -2.18. The Morgan fingerprint density at radius 3 is 2.64 bits per heavy atom. The first kappa shape index (κ1) is 17.5. The minimum absolute atomic E-state index is 0.259. The lowest BCUT2D eigenvalue weighted by atomic mass is 10.1. The van der Waals surface area contributed by atoms with Gasteiger partial charge in [0.1, 0.15) is 5.69 Å². The van der Waals surface area contributed by atoms with Gasteiger partial charge in [-0.2, -0.15) is 10.2 Å². The average molecular weight is 394 g/mol. The van der Waals surface area contributed by atoms with Crippen LogP contribution in [0.1, 0.15) is 16.1 Å². The molecule has 0 atom stereocenters. The first-order valence-electron chi connectivity index (χ1n) is 7.13. The number of carbonyl (C=O) groups is 1. The summed E-state index contributed by atoms with van der Waals surface area (Å²) in [5.41, 5.74) is 4.60. The zero-order valence-corrected chi connectivity index (χ0v) is 14.9. The zero-order valence-electron chi connectivity index (χ0n) is 12.6. The smallest absolute Gasteiger partial charge is 0.272 e. The second-order valence-electron chi connectivity index (χ2n) is 5.01. The molecule has 2 aromatic carbocycles. The number of amides is 1. The highest BCUT2D eigenvalue weighted by molar-refractivity contribution is 6.36. The topological polar surface area (TPSA) is 70.1 Å². The third-order valence-electron chi connectivity index (χ3n) is 3.30. The number of hydrogen-bond acceptors (Lipinski definition) is 3. The first-order valence-corrected chi connectivity index (χ1v) is 8.27. The monoisotopic (exact) mass is 392 g/mol. The molecule has 8 heteroatoms. The van der Waals surface area contributed by atoms with Crippen LogP contribution in [0.2, 0.25) is 15.1 Å². The Hall–Kier alpha value is -2.34. The van der Waals surface area contributed by atoms with Crippen LogP contribution in [0, 0.1) is 0 Å². The molecule has 5 nitrogen and oxygen atoms in total. The van der Waals surface area contributed by atoms with E-state index in [-0.39, 0.29) is 5.69 Å². The van der Waals surface area contributed by atoms with Gasteiger partial charge in [-0.15, -0.1) is 0 Å². The van der Waals surface area contributed by atoms with Gasteiger partial charge in [0.05, 0.1) is 22.0 Å². The van der Waals surface area contributed by atoms with Crippen molar-refractivity contribution in [2.45, 2.75) is 0 Å². The Morgan fingerprint density at radius 2 is 1.88 bits per heavy atom. The standard InChI is InChI=1S/C17H11Cl3N4O/c18-11-6-5-10(14(20)7-11)9-21-24-17(25)16-8-15(22-23-16)12-3-1-2-4-13(12)19/h1-9H,(H,22,23)(H,24,25)/b21-9-. The van der Waals surface area contributed by atoms with Gasteiger partial charge in [-0.05, 0) is 24.3 Å². The molecule has 1 aromatic heterocycles. The lowest BCUT2D eigenvalue weighted by molar-refractivity contribution is 0.0950. The maximum absolute atomic E-state index is 12.1. The van der Waals surface area contributed by atoms with Crippen molar-refractivity contribution in [1.29, 1.82) is 0 Å². The molecule has 0 saturated carbocycles. The van der Waals surface area contributed by atoms with E-state index >= 15 is 0 Å². The maximum Gasteiger partial charge on any atom is 0.289 e. The summed E-state index contributed by atoms with van der Waals surface area (Å²) in [4.78, 5) is 12.1. The molecule has 0 saturated heterocycles. The molecule has 2 N–H and O–H groups in total. The molecule has 0 spiro atoms. The number of carbonyl (C=O) groups excluding carboxylic acids is 1. The van der Waals surface area contributed by atoms with E-state index in [0.29, 0.717) is 26.3 Å². The minimum Gasteiger partial charge on any atom is -0.272 e. The van der Waals surface area contributed by atoms with Gasteiger partial charge in [0.15, 0.2) is 0 Å². The largest absolute Gasteiger partial charge is 0.289 e. The van der Waals surface area contributed by atoms with Gasteiger partial charge in [-0.3, -0.25) is 9.89 Å². The van der Waals surface area contributed by atoms with E-state index in [1.54, 1.807) is 30.3 Å². The Bertz CT molecular complexity index is 953. The highest BCUT2D eigenvalue weighted by Gasteiger charge is 2.12. The van der Waals surface area contributed by atoms with E-state index in [2.05, 4.69) is 20.7 Å². The van der Waals surface area contributed by atoms with Crippen LogP contribution < -0.4 is 5.43 Å². The quantitative estimate of drug-likeness (QED) is 0.494. The van der Waals surface area contributed by atoms with E-state index in [9.17, 15) is 4.79 Å². The molecule has 1 amide bonds. The van der Waals surface area contributed by atoms with Crippen molar-refractivity contribution in [2.24, 2.45) is 5.10 Å². The van der Waals surface area contributed by atoms with Gasteiger partial charge in [0.25, 0.3) is 5.91 Å². The fraction of sp³-hybridized carbons (Fsp3) is 0. The summed E-state index contributed by atoms with van der Waals surface area (Å²) < 4.78 is 0. The van der Waals surface area contributed by atoms with Crippen LogP contribution in [0.4, 0.5) is 0 Å². The summed E-state index contributed by atoms with van der Waals surface area (Å²) in [7, 11) is 0. The number of halogens is 3. The number of aromatic amines is 1. The Labute approximate surface area is 158 Å². The minimum atomic E-state index is -0.438. The number of rotatable bonds is 4. The van der Waals surface area contributed by atoms with Crippen molar-refractivity contribution in [1.82, 2.24) is 15.6 Å². The summed E-state index contributed by atoms with van der Waals surface area (Å²) in [5, 5.41) is 12.2. The number of nitrogens with zero attached hydrogens (tertiary/aromatic N) is 2. The molecule has 126 valence electrons. The van der Waals surface area contributed by atoms with Gasteiger partial charge >= 0.3 is 0 Å². The van der Waals surface area contributed by atoms with Crippen LogP contribution >= 0.6 is 34.8 Å². The number of H-pyrrole nitrogens is 1. The molecule has 0 bridgehead atoms. The van der Waals surface area contributed by atoms with E-state index in [0.717, 1.165) is 5.56 Å². The van der Waals surface area contributed by atoms with Crippen molar-refractivity contribution >= 4 is 46.9 Å². The molecule has 25 heavy (non-hydrogen) atoms. The van der Waals surface area contributed by atoms with Crippen LogP contribution in [0.3, 0.4) is 0 Å². The third kappa shape index (κ3) is 4.20. The second kappa shape index (κ2) is 7.70. The predicted molar refractivity (Wildman–Crippen MR) is 101 cm³/mol. The van der Waals surface area contributed by atoms with Crippen molar-refractivity contribution < 1.29 is 4.79 Å². The summed E-state index contributed by atoms with van der Waals surface area (Å²) in [6, 6.07) is 13.8. The highest BCUT2D eigenvalue weighted by Crippen LogP contribution is 2.26. The molecule has 0 aliphatic rings. The molecule has 0 fully saturated rings. The van der Waals surface area contributed by atoms with Crippen LogP contribution in [-0.4, -0.2) is 22.3 Å². The fourth-order valence-electron chi connectivity index (χ4n) is 2.07. The van der Waals surface area contributed by atoms with Crippen LogP contribution in [0.25, 0.3) is 11.3 Å². The molecular formula is C17H11Cl3N4O. The van der Waals surface area contributed by atoms with E-state index in [4.69, 9.17) is 34.8 Å². The number of nitrogens with one attached hydrogen (secondary N) is 2. The molecule has 0 aliphatic heterocycles. The molecule has 3 rings (SSSR count).